The van der Waals surface area contributed by atoms with Crippen LogP contribution in [-0.2, 0) is 7.05 Å². The first-order valence-corrected chi connectivity index (χ1v) is 7.44. The van der Waals surface area contributed by atoms with Gasteiger partial charge in [-0.1, -0.05) is 6.07 Å². The average molecular weight is 312 g/mol. The summed E-state index contributed by atoms with van der Waals surface area (Å²) in [5.74, 6) is 0. The van der Waals surface area contributed by atoms with Crippen LogP contribution in [0.1, 0.15) is 24.6 Å². The van der Waals surface area contributed by atoms with Gasteiger partial charge < -0.3 is 5.32 Å². The summed E-state index contributed by atoms with van der Waals surface area (Å²) in [7, 11) is 2.01. The number of hydrogen-bond acceptors (Lipinski definition) is 3. The van der Waals surface area contributed by atoms with Crippen LogP contribution in [0.25, 0.3) is 10.6 Å². The SMILES string of the molecule is Cn1nc(C2CCCN2)c(Br)c1-c1cccs1. The van der Waals surface area contributed by atoms with Crippen LogP contribution in [0, 0.1) is 0 Å². The Balaban J connectivity index is 2.05. The molecule has 0 amide bonds. The lowest BCUT2D eigenvalue weighted by atomic mass is 10.1. The van der Waals surface area contributed by atoms with Crippen molar-refractivity contribution in [3.8, 4) is 10.6 Å². The highest BCUT2D eigenvalue weighted by Crippen LogP contribution is 2.37. The third-order valence-corrected chi connectivity index (χ3v) is 4.82. The number of rotatable bonds is 2. The van der Waals surface area contributed by atoms with Crippen LogP contribution >= 0.6 is 27.3 Å². The second kappa shape index (κ2) is 4.55. The van der Waals surface area contributed by atoms with Gasteiger partial charge in [0.05, 0.1) is 26.8 Å². The van der Waals surface area contributed by atoms with Gasteiger partial charge in [0, 0.05) is 7.05 Å². The smallest absolute Gasteiger partial charge is 0.0942 e. The molecule has 1 aliphatic heterocycles. The number of aryl methyl sites for hydroxylation is 1. The number of nitrogens with zero attached hydrogens (tertiary/aromatic N) is 2. The van der Waals surface area contributed by atoms with Crippen molar-refractivity contribution in [3.05, 3.63) is 27.7 Å². The van der Waals surface area contributed by atoms with Crippen LogP contribution in [0.4, 0.5) is 0 Å². The highest BCUT2D eigenvalue weighted by molar-refractivity contribution is 9.10. The largest absolute Gasteiger partial charge is 0.309 e. The van der Waals surface area contributed by atoms with E-state index in [2.05, 4.69) is 43.9 Å². The van der Waals surface area contributed by atoms with Gasteiger partial charge in [-0.25, -0.2) is 0 Å². The summed E-state index contributed by atoms with van der Waals surface area (Å²) in [5, 5.41) is 10.3. The molecular weight excluding hydrogens is 298 g/mol. The number of hydrogen-bond donors (Lipinski definition) is 1. The van der Waals surface area contributed by atoms with Crippen LogP contribution in [0.2, 0.25) is 0 Å². The molecule has 0 spiro atoms. The quantitative estimate of drug-likeness (QED) is 0.922. The standard InChI is InChI=1S/C12H14BrN3S/c1-16-12(9-5-3-7-17-9)10(13)11(15-16)8-4-2-6-14-8/h3,5,7-8,14H,2,4,6H2,1H3. The molecule has 1 unspecified atom stereocenters. The maximum Gasteiger partial charge on any atom is 0.0942 e. The molecule has 3 nitrogen and oxygen atoms in total. The van der Waals surface area contributed by atoms with Crippen molar-refractivity contribution >= 4 is 27.3 Å². The van der Waals surface area contributed by atoms with Crippen LogP contribution in [0.15, 0.2) is 22.0 Å². The van der Waals surface area contributed by atoms with Crippen molar-refractivity contribution in [1.29, 1.82) is 0 Å². The highest BCUT2D eigenvalue weighted by atomic mass is 79.9. The number of aromatic nitrogens is 2. The van der Waals surface area contributed by atoms with Gasteiger partial charge in [-0.15, -0.1) is 11.3 Å². The van der Waals surface area contributed by atoms with E-state index in [0.29, 0.717) is 6.04 Å². The predicted molar refractivity (Wildman–Crippen MR) is 74.2 cm³/mol. The summed E-state index contributed by atoms with van der Waals surface area (Å²) in [6, 6.07) is 4.62. The van der Waals surface area contributed by atoms with Crippen molar-refractivity contribution in [3.63, 3.8) is 0 Å². The van der Waals surface area contributed by atoms with E-state index in [1.807, 2.05) is 11.7 Å². The van der Waals surface area contributed by atoms with Crippen LogP contribution in [0.5, 0.6) is 0 Å². The molecule has 3 rings (SSSR count). The first-order valence-electron chi connectivity index (χ1n) is 5.77. The van der Waals surface area contributed by atoms with Crippen LogP contribution < -0.4 is 5.32 Å². The normalized spacial score (nSPS) is 20.0. The Morgan fingerprint density at radius 1 is 1.59 bits per heavy atom. The molecule has 1 N–H and O–H groups in total. The van der Waals surface area contributed by atoms with Crippen molar-refractivity contribution in [1.82, 2.24) is 15.1 Å². The first-order chi connectivity index (χ1) is 8.27. The maximum absolute atomic E-state index is 4.66. The lowest BCUT2D eigenvalue weighted by molar-refractivity contribution is 0.606. The van der Waals surface area contributed by atoms with Gasteiger partial charge in [-0.2, -0.15) is 5.10 Å². The van der Waals surface area contributed by atoms with Gasteiger partial charge in [0.25, 0.3) is 0 Å². The molecule has 5 heteroatoms. The minimum atomic E-state index is 0.407. The fourth-order valence-electron chi connectivity index (χ4n) is 2.34. The summed E-state index contributed by atoms with van der Waals surface area (Å²) in [6.07, 6.45) is 2.42. The third kappa shape index (κ3) is 1.96. The predicted octanol–water partition coefficient (Wildman–Crippen LogP) is 3.34. The van der Waals surface area contributed by atoms with E-state index in [-0.39, 0.29) is 0 Å². The van der Waals surface area contributed by atoms with E-state index in [9.17, 15) is 0 Å². The number of halogens is 1. The van der Waals surface area contributed by atoms with Crippen molar-refractivity contribution in [2.24, 2.45) is 7.05 Å². The van der Waals surface area contributed by atoms with Crippen LogP contribution in [-0.4, -0.2) is 16.3 Å². The average Bonchev–Trinajstić information content (AvgIpc) is 2.99. The minimum absolute atomic E-state index is 0.407. The topological polar surface area (TPSA) is 29.9 Å². The van der Waals surface area contributed by atoms with E-state index in [1.165, 1.54) is 23.4 Å². The molecule has 0 radical (unpaired) electrons. The molecule has 0 aromatic carbocycles. The number of nitrogens with one attached hydrogen (secondary N) is 1. The Bertz CT molecular complexity index is 512. The Morgan fingerprint density at radius 2 is 2.47 bits per heavy atom. The van der Waals surface area contributed by atoms with Crippen molar-refractivity contribution < 1.29 is 0 Å². The summed E-state index contributed by atoms with van der Waals surface area (Å²) in [4.78, 5) is 1.26. The zero-order chi connectivity index (χ0) is 11.8. The summed E-state index contributed by atoms with van der Waals surface area (Å²) < 4.78 is 3.12. The zero-order valence-electron chi connectivity index (χ0n) is 9.61. The molecule has 0 saturated carbocycles. The lowest BCUT2D eigenvalue weighted by Gasteiger charge is -2.06. The fraction of sp³-hybridized carbons (Fsp3) is 0.417. The molecule has 2 aromatic heterocycles. The molecule has 90 valence electrons. The van der Waals surface area contributed by atoms with Crippen LogP contribution in [0.3, 0.4) is 0 Å². The fourth-order valence-corrected chi connectivity index (χ4v) is 4.10. The summed E-state index contributed by atoms with van der Waals surface area (Å²) in [5.41, 5.74) is 2.33. The monoisotopic (exact) mass is 311 g/mol. The second-order valence-corrected chi connectivity index (χ2v) is 6.04. The Hall–Kier alpha value is -0.650. The van der Waals surface area contributed by atoms with E-state index >= 15 is 0 Å². The Kier molecular flexibility index (Phi) is 3.06. The maximum atomic E-state index is 4.66. The first kappa shape index (κ1) is 11.4. The van der Waals surface area contributed by atoms with E-state index in [4.69, 9.17) is 0 Å². The molecule has 1 aliphatic rings. The molecule has 1 atom stereocenters. The summed E-state index contributed by atoms with van der Waals surface area (Å²) in [6.45, 7) is 1.10. The van der Waals surface area contributed by atoms with Gasteiger partial charge >= 0.3 is 0 Å². The lowest BCUT2D eigenvalue weighted by Crippen LogP contribution is -2.14. The van der Waals surface area contributed by atoms with Gasteiger partial charge in [0.15, 0.2) is 0 Å². The minimum Gasteiger partial charge on any atom is -0.309 e. The van der Waals surface area contributed by atoms with E-state index in [0.717, 1.165) is 16.7 Å². The molecule has 17 heavy (non-hydrogen) atoms. The van der Waals surface area contributed by atoms with E-state index < -0.39 is 0 Å². The molecule has 1 saturated heterocycles. The summed E-state index contributed by atoms with van der Waals surface area (Å²) >= 11 is 5.47. The van der Waals surface area contributed by atoms with E-state index in [1.54, 1.807) is 11.3 Å². The highest BCUT2D eigenvalue weighted by Gasteiger charge is 2.25. The van der Waals surface area contributed by atoms with Crippen molar-refractivity contribution in [2.75, 3.05) is 6.54 Å². The molecule has 0 aliphatic carbocycles. The van der Waals surface area contributed by atoms with Gasteiger partial charge in [0.2, 0.25) is 0 Å². The van der Waals surface area contributed by atoms with Gasteiger partial charge in [0.1, 0.15) is 0 Å². The Labute approximate surface area is 113 Å². The molecular formula is C12H14BrN3S. The Morgan fingerprint density at radius 3 is 3.12 bits per heavy atom. The second-order valence-electron chi connectivity index (χ2n) is 4.30. The van der Waals surface area contributed by atoms with Gasteiger partial charge in [-0.05, 0) is 46.8 Å². The molecule has 2 aromatic rings. The van der Waals surface area contributed by atoms with Crippen molar-refractivity contribution in [2.45, 2.75) is 18.9 Å². The molecule has 0 bridgehead atoms. The molecule has 3 heterocycles. The number of thiophene rings is 1. The third-order valence-electron chi connectivity index (χ3n) is 3.16. The van der Waals surface area contributed by atoms with Gasteiger partial charge in [-0.3, -0.25) is 4.68 Å². The molecule has 1 fully saturated rings. The zero-order valence-corrected chi connectivity index (χ0v) is 12.0.